The Morgan fingerprint density at radius 3 is 2.08 bits per heavy atom. The summed E-state index contributed by atoms with van der Waals surface area (Å²) >= 11 is 0. The van der Waals surface area contributed by atoms with E-state index in [1.807, 2.05) is 12.1 Å². The lowest BCUT2D eigenvalue weighted by molar-refractivity contribution is -0.137. The summed E-state index contributed by atoms with van der Waals surface area (Å²) in [6, 6.07) is 8.99. The van der Waals surface area contributed by atoms with Crippen molar-refractivity contribution in [3.8, 4) is 5.69 Å². The third-order valence-electron chi connectivity index (χ3n) is 6.29. The van der Waals surface area contributed by atoms with E-state index in [9.17, 15) is 14.4 Å². The monoisotopic (exact) mass is 498 g/mol. The van der Waals surface area contributed by atoms with E-state index in [4.69, 9.17) is 17.2 Å². The first-order valence-electron chi connectivity index (χ1n) is 12.4. The molecule has 1 aromatic carbocycles. The summed E-state index contributed by atoms with van der Waals surface area (Å²) in [7, 11) is 0. The number of nitrogens with one attached hydrogen (secondary N) is 1. The Kier molecular flexibility index (Phi) is 9.19. The van der Waals surface area contributed by atoms with Gasteiger partial charge in [-0.25, -0.2) is 9.59 Å². The largest absolute Gasteiger partial charge is 0.354 e. The molecule has 0 bridgehead atoms. The van der Waals surface area contributed by atoms with Gasteiger partial charge in [-0.1, -0.05) is 25.0 Å². The highest BCUT2D eigenvalue weighted by Crippen LogP contribution is 2.14. The first kappa shape index (κ1) is 27.3. The minimum atomic E-state index is -0.942. The fourth-order valence-electron chi connectivity index (χ4n) is 4.13. The number of rotatable bonds is 4. The molecule has 2 fully saturated rings. The second-order valence-electron chi connectivity index (χ2n) is 9.81. The Balaban J connectivity index is 0.000000526. The summed E-state index contributed by atoms with van der Waals surface area (Å²) in [5, 5.41) is 2.64. The molecule has 0 radical (unpaired) electrons. The molecular formula is C25H38N8O3. The molecule has 1 saturated carbocycles. The number of amides is 3. The van der Waals surface area contributed by atoms with Gasteiger partial charge in [-0.15, -0.1) is 0 Å². The van der Waals surface area contributed by atoms with Gasteiger partial charge in [0.1, 0.15) is 5.82 Å². The van der Waals surface area contributed by atoms with Gasteiger partial charge >= 0.3 is 11.7 Å². The molecule has 4 rings (SSSR count). The van der Waals surface area contributed by atoms with Gasteiger partial charge in [0.2, 0.25) is 5.91 Å². The average molecular weight is 499 g/mol. The van der Waals surface area contributed by atoms with Gasteiger partial charge in [-0.05, 0) is 50.5 Å². The molecule has 1 aliphatic carbocycles. The number of hydrogen-bond acceptors (Lipinski definition) is 7. The van der Waals surface area contributed by atoms with Crippen LogP contribution in [0.25, 0.3) is 5.69 Å². The van der Waals surface area contributed by atoms with Crippen molar-refractivity contribution in [3.05, 3.63) is 52.6 Å². The standard InChI is InChI=1S/C20H27N7O3.C5H11N/c1-20(2,22)17(28)25-9-11-26(12-10-25)18(29)23-16-7-8-27(19(30)24-16)15-5-3-14(13-21)4-6-15;6-5-3-1-2-4-5/h3-8H,9-13,21-22H2,1-2H3,(H,23,24,29,30);5H,1-4,6H2. The second kappa shape index (κ2) is 12.1. The quantitative estimate of drug-likeness (QED) is 0.488. The van der Waals surface area contributed by atoms with Crippen LogP contribution in [0.3, 0.4) is 0 Å². The maximum atomic E-state index is 12.5. The van der Waals surface area contributed by atoms with Crippen molar-refractivity contribution in [1.29, 1.82) is 0 Å². The minimum Gasteiger partial charge on any atom is -0.338 e. The predicted octanol–water partition coefficient (Wildman–Crippen LogP) is 0.992. The third-order valence-corrected chi connectivity index (χ3v) is 6.29. The normalized spacial score (nSPS) is 16.4. The zero-order chi connectivity index (χ0) is 26.3. The predicted molar refractivity (Wildman–Crippen MR) is 140 cm³/mol. The van der Waals surface area contributed by atoms with E-state index in [1.165, 1.54) is 30.3 Å². The number of anilines is 1. The number of aromatic nitrogens is 2. The summed E-state index contributed by atoms with van der Waals surface area (Å²) < 4.78 is 1.38. The first-order valence-corrected chi connectivity index (χ1v) is 12.4. The molecule has 11 nitrogen and oxygen atoms in total. The van der Waals surface area contributed by atoms with Gasteiger partial charge in [0, 0.05) is 45.0 Å². The Hall–Kier alpha value is -3.28. The van der Waals surface area contributed by atoms with Crippen LogP contribution in [0, 0.1) is 0 Å². The van der Waals surface area contributed by atoms with E-state index in [0.29, 0.717) is 44.5 Å². The van der Waals surface area contributed by atoms with Crippen LogP contribution in [0.2, 0.25) is 0 Å². The lowest BCUT2D eigenvalue weighted by Crippen LogP contribution is -2.58. The lowest BCUT2D eigenvalue weighted by Gasteiger charge is -2.37. The van der Waals surface area contributed by atoms with E-state index in [0.717, 1.165) is 5.56 Å². The molecule has 3 amide bonds. The molecule has 36 heavy (non-hydrogen) atoms. The summed E-state index contributed by atoms with van der Waals surface area (Å²) in [6.45, 7) is 5.30. The number of carbonyl (C=O) groups excluding carboxylic acids is 2. The Labute approximate surface area is 211 Å². The van der Waals surface area contributed by atoms with Crippen LogP contribution in [-0.2, 0) is 11.3 Å². The van der Waals surface area contributed by atoms with Gasteiger partial charge in [0.25, 0.3) is 0 Å². The van der Waals surface area contributed by atoms with Crippen LogP contribution in [0.15, 0.2) is 41.3 Å². The third kappa shape index (κ3) is 7.36. The van der Waals surface area contributed by atoms with Crippen LogP contribution in [-0.4, -0.2) is 69.0 Å². The van der Waals surface area contributed by atoms with Crippen molar-refractivity contribution < 1.29 is 9.59 Å². The van der Waals surface area contributed by atoms with Gasteiger partial charge < -0.3 is 27.0 Å². The summed E-state index contributed by atoms with van der Waals surface area (Å²) in [5.41, 5.74) is 17.2. The molecule has 0 spiro atoms. The zero-order valence-electron chi connectivity index (χ0n) is 21.2. The van der Waals surface area contributed by atoms with Crippen molar-refractivity contribution in [3.63, 3.8) is 0 Å². The highest BCUT2D eigenvalue weighted by Gasteiger charge is 2.31. The molecule has 7 N–H and O–H groups in total. The number of nitrogens with two attached hydrogens (primary N) is 3. The molecule has 1 saturated heterocycles. The molecule has 11 heteroatoms. The highest BCUT2D eigenvalue weighted by atomic mass is 16.2. The molecule has 0 unspecified atom stereocenters. The summed E-state index contributed by atoms with van der Waals surface area (Å²) in [4.78, 5) is 44.3. The second-order valence-corrected chi connectivity index (χ2v) is 9.81. The van der Waals surface area contributed by atoms with Crippen LogP contribution >= 0.6 is 0 Å². The van der Waals surface area contributed by atoms with Gasteiger partial charge in [0.05, 0.1) is 11.2 Å². The fourth-order valence-corrected chi connectivity index (χ4v) is 4.13. The lowest BCUT2D eigenvalue weighted by atomic mass is 10.1. The van der Waals surface area contributed by atoms with Crippen LogP contribution < -0.4 is 28.2 Å². The van der Waals surface area contributed by atoms with Crippen LogP contribution in [0.4, 0.5) is 10.6 Å². The maximum absolute atomic E-state index is 12.5. The Morgan fingerprint density at radius 1 is 1.03 bits per heavy atom. The molecule has 1 aromatic heterocycles. The first-order chi connectivity index (χ1) is 17.1. The van der Waals surface area contributed by atoms with Gasteiger partial charge in [-0.2, -0.15) is 4.98 Å². The molecule has 2 aromatic rings. The number of piperazine rings is 1. The molecule has 2 heterocycles. The van der Waals surface area contributed by atoms with Crippen molar-refractivity contribution in [2.24, 2.45) is 17.2 Å². The maximum Gasteiger partial charge on any atom is 0.354 e. The zero-order valence-corrected chi connectivity index (χ0v) is 21.2. The number of urea groups is 1. The van der Waals surface area contributed by atoms with Crippen molar-refractivity contribution >= 4 is 17.8 Å². The van der Waals surface area contributed by atoms with E-state index in [1.54, 1.807) is 48.0 Å². The van der Waals surface area contributed by atoms with Crippen LogP contribution in [0.5, 0.6) is 0 Å². The van der Waals surface area contributed by atoms with Crippen molar-refractivity contribution in [2.45, 2.75) is 57.7 Å². The molecule has 196 valence electrons. The highest BCUT2D eigenvalue weighted by molar-refractivity contribution is 5.89. The topological polar surface area (TPSA) is 166 Å². The molecule has 0 atom stereocenters. The number of hydrogen-bond donors (Lipinski definition) is 4. The fraction of sp³-hybridized carbons (Fsp3) is 0.520. The minimum absolute atomic E-state index is 0.146. The summed E-state index contributed by atoms with van der Waals surface area (Å²) in [5.74, 6) is 0.0220. The van der Waals surface area contributed by atoms with Gasteiger partial charge in [-0.3, -0.25) is 14.7 Å². The van der Waals surface area contributed by atoms with Crippen LogP contribution in [0.1, 0.15) is 45.1 Å². The number of benzene rings is 1. The SMILES string of the molecule is CC(C)(N)C(=O)N1CCN(C(=O)Nc2ccn(-c3ccc(CN)cc3)c(=O)n2)CC1.NC1CCCC1. The van der Waals surface area contributed by atoms with E-state index in [-0.39, 0.29) is 17.8 Å². The molecular weight excluding hydrogens is 460 g/mol. The van der Waals surface area contributed by atoms with E-state index < -0.39 is 11.2 Å². The van der Waals surface area contributed by atoms with E-state index in [2.05, 4.69) is 10.3 Å². The smallest absolute Gasteiger partial charge is 0.338 e. The van der Waals surface area contributed by atoms with Crippen molar-refractivity contribution in [1.82, 2.24) is 19.4 Å². The average Bonchev–Trinajstić information content (AvgIpc) is 3.34. The van der Waals surface area contributed by atoms with Gasteiger partial charge in [0.15, 0.2) is 0 Å². The Morgan fingerprint density at radius 2 is 1.61 bits per heavy atom. The molecule has 1 aliphatic heterocycles. The Bertz CT molecular complexity index is 1080. The summed E-state index contributed by atoms with van der Waals surface area (Å²) in [6.07, 6.45) is 6.81. The number of carbonyl (C=O) groups is 2. The van der Waals surface area contributed by atoms with E-state index >= 15 is 0 Å². The number of nitrogens with zero attached hydrogens (tertiary/aromatic N) is 4. The van der Waals surface area contributed by atoms with Crippen molar-refractivity contribution in [2.75, 3.05) is 31.5 Å². The molecule has 2 aliphatic rings.